The average molecular weight is 136 g/mol. The molecule has 1 saturated carbocycles. The van der Waals surface area contributed by atoms with Gasteiger partial charge in [0, 0.05) is 7.11 Å². The molecule has 0 N–H and O–H groups in total. The first kappa shape index (κ1) is 9.96. The second-order valence-electron chi connectivity index (χ2n) is 2.30. The summed E-state index contributed by atoms with van der Waals surface area (Å²) in [6.45, 7) is 0. The molecule has 0 aromatic heterocycles. The molecule has 0 aliphatic heterocycles. The summed E-state index contributed by atoms with van der Waals surface area (Å²) in [5, 5.41) is 0. The molecule has 0 bridgehead atoms. The van der Waals surface area contributed by atoms with Crippen LogP contribution < -0.4 is 29.6 Å². The fraction of sp³-hybridized carbons (Fsp3) is 0.857. The molecule has 2 heteroatoms. The Bertz CT molecular complexity index is 59.9. The summed E-state index contributed by atoms with van der Waals surface area (Å²) in [4.78, 5) is 0. The fourth-order valence-electron chi connectivity index (χ4n) is 1.13. The van der Waals surface area contributed by atoms with E-state index in [1.54, 1.807) is 7.11 Å². The van der Waals surface area contributed by atoms with Crippen molar-refractivity contribution in [3.63, 3.8) is 0 Å². The molecule has 0 saturated heterocycles. The van der Waals surface area contributed by atoms with Gasteiger partial charge in [0.15, 0.2) is 0 Å². The van der Waals surface area contributed by atoms with E-state index in [1.807, 2.05) is 0 Å². The van der Waals surface area contributed by atoms with Gasteiger partial charge in [-0.25, -0.2) is 0 Å². The Hall–Kier alpha value is 0.960. The van der Waals surface area contributed by atoms with E-state index in [2.05, 4.69) is 6.42 Å². The zero-order valence-corrected chi connectivity index (χ0v) is 8.39. The van der Waals surface area contributed by atoms with Crippen LogP contribution in [0, 0.1) is 6.42 Å². The zero-order chi connectivity index (χ0) is 5.82. The molecule has 0 aromatic carbocycles. The van der Waals surface area contributed by atoms with Crippen LogP contribution in [0.15, 0.2) is 0 Å². The summed E-state index contributed by atoms with van der Waals surface area (Å²) in [7, 11) is 1.80. The second-order valence-corrected chi connectivity index (χ2v) is 2.30. The van der Waals surface area contributed by atoms with Crippen molar-refractivity contribution in [2.75, 3.05) is 7.11 Å². The Balaban J connectivity index is 0.000000640. The summed E-state index contributed by atoms with van der Waals surface area (Å²) in [5.74, 6) is 0. The second kappa shape index (κ2) is 5.72. The van der Waals surface area contributed by atoms with Gasteiger partial charge in [-0.15, -0.1) is 0 Å². The number of methoxy groups -OCH3 is 1. The van der Waals surface area contributed by atoms with Crippen LogP contribution in [0.2, 0.25) is 0 Å². The Labute approximate surface area is 79.5 Å². The maximum atomic E-state index is 5.17. The normalized spacial score (nSPS) is 21.0. The van der Waals surface area contributed by atoms with E-state index in [0.29, 0.717) is 6.10 Å². The van der Waals surface area contributed by atoms with Crippen molar-refractivity contribution in [2.45, 2.75) is 31.8 Å². The minimum atomic E-state index is 0. The summed E-state index contributed by atoms with van der Waals surface area (Å²) in [6.07, 6.45) is 7.86. The molecule has 0 heterocycles. The van der Waals surface area contributed by atoms with Gasteiger partial charge in [-0.1, -0.05) is 12.8 Å². The molecule has 0 spiro atoms. The van der Waals surface area contributed by atoms with Crippen molar-refractivity contribution in [1.82, 2.24) is 0 Å². The monoisotopic (exact) mass is 136 g/mol. The Morgan fingerprint density at radius 2 is 1.89 bits per heavy atom. The summed E-state index contributed by atoms with van der Waals surface area (Å²) >= 11 is 0. The van der Waals surface area contributed by atoms with Gasteiger partial charge < -0.3 is 11.2 Å². The molecular weight excluding hydrogens is 123 g/mol. The smallest absolute Gasteiger partial charge is 0.382 e. The zero-order valence-electron chi connectivity index (χ0n) is 6.39. The standard InChI is InChI=1S/C7H13O.Na/c1-8-7-5-3-2-4-6-7;/h2,7H,3-6H2,1H3;/q-1;+1. The number of rotatable bonds is 1. The largest absolute Gasteiger partial charge is 1.00 e. The number of hydrogen-bond donors (Lipinski definition) is 0. The van der Waals surface area contributed by atoms with Gasteiger partial charge in [-0.05, 0) is 0 Å². The molecule has 1 aliphatic rings. The molecule has 0 unspecified atom stereocenters. The van der Waals surface area contributed by atoms with Crippen molar-refractivity contribution in [2.24, 2.45) is 0 Å². The van der Waals surface area contributed by atoms with Crippen LogP contribution in [-0.4, -0.2) is 13.2 Å². The molecule has 0 atom stereocenters. The molecule has 0 radical (unpaired) electrons. The predicted molar refractivity (Wildman–Crippen MR) is 33.6 cm³/mol. The van der Waals surface area contributed by atoms with Crippen LogP contribution in [0.4, 0.5) is 0 Å². The van der Waals surface area contributed by atoms with Crippen molar-refractivity contribution >= 4 is 0 Å². The van der Waals surface area contributed by atoms with Crippen molar-refractivity contribution in [1.29, 1.82) is 0 Å². The first-order valence-corrected chi connectivity index (χ1v) is 3.28. The molecule has 1 nitrogen and oxygen atoms in total. The third-order valence-corrected chi connectivity index (χ3v) is 1.72. The first-order chi connectivity index (χ1) is 3.93. The van der Waals surface area contributed by atoms with E-state index in [1.165, 1.54) is 25.7 Å². The van der Waals surface area contributed by atoms with Crippen molar-refractivity contribution in [3.05, 3.63) is 6.42 Å². The van der Waals surface area contributed by atoms with Crippen LogP contribution in [0.5, 0.6) is 0 Å². The van der Waals surface area contributed by atoms with Crippen LogP contribution in [0.3, 0.4) is 0 Å². The minimum absolute atomic E-state index is 0. The minimum Gasteiger partial charge on any atom is -0.382 e. The molecular formula is C7H13NaO. The third-order valence-electron chi connectivity index (χ3n) is 1.72. The fourth-order valence-corrected chi connectivity index (χ4v) is 1.13. The molecule has 0 amide bonds. The predicted octanol–water partition coefficient (Wildman–Crippen LogP) is -1.22. The van der Waals surface area contributed by atoms with Gasteiger partial charge >= 0.3 is 29.6 Å². The maximum absolute atomic E-state index is 5.17. The van der Waals surface area contributed by atoms with Crippen LogP contribution >= 0.6 is 0 Å². The first-order valence-electron chi connectivity index (χ1n) is 3.28. The Morgan fingerprint density at radius 1 is 1.33 bits per heavy atom. The molecule has 9 heavy (non-hydrogen) atoms. The van der Waals surface area contributed by atoms with Crippen molar-refractivity contribution < 1.29 is 34.3 Å². The van der Waals surface area contributed by atoms with E-state index >= 15 is 0 Å². The Morgan fingerprint density at radius 3 is 2.22 bits per heavy atom. The SMILES string of the molecule is COC1CC[CH-]CC1.[Na+]. The number of hydrogen-bond acceptors (Lipinski definition) is 1. The van der Waals surface area contributed by atoms with E-state index in [9.17, 15) is 0 Å². The van der Waals surface area contributed by atoms with Gasteiger partial charge in [0.1, 0.15) is 0 Å². The molecule has 1 fully saturated rings. The van der Waals surface area contributed by atoms with Gasteiger partial charge in [0.25, 0.3) is 0 Å². The molecule has 48 valence electrons. The van der Waals surface area contributed by atoms with Crippen LogP contribution in [0.25, 0.3) is 0 Å². The average Bonchev–Trinajstić information content (AvgIpc) is 1.90. The summed E-state index contributed by atoms with van der Waals surface area (Å²) < 4.78 is 5.17. The van der Waals surface area contributed by atoms with Gasteiger partial charge in [-0.2, -0.15) is 12.8 Å². The number of ether oxygens (including phenoxy) is 1. The van der Waals surface area contributed by atoms with Gasteiger partial charge in [-0.3, -0.25) is 0 Å². The van der Waals surface area contributed by atoms with Crippen LogP contribution in [0.1, 0.15) is 25.7 Å². The molecule has 1 rings (SSSR count). The van der Waals surface area contributed by atoms with Crippen LogP contribution in [-0.2, 0) is 4.74 Å². The van der Waals surface area contributed by atoms with E-state index in [4.69, 9.17) is 4.74 Å². The quantitative estimate of drug-likeness (QED) is 0.324. The molecule has 0 aromatic rings. The van der Waals surface area contributed by atoms with E-state index in [0.717, 1.165) is 0 Å². The third kappa shape index (κ3) is 3.61. The summed E-state index contributed by atoms with van der Waals surface area (Å²) in [6, 6.07) is 0. The summed E-state index contributed by atoms with van der Waals surface area (Å²) in [5.41, 5.74) is 0. The van der Waals surface area contributed by atoms with Crippen molar-refractivity contribution in [3.8, 4) is 0 Å². The Kier molecular flexibility index (Phi) is 6.33. The maximum Gasteiger partial charge on any atom is 1.00 e. The molecule has 1 aliphatic carbocycles. The van der Waals surface area contributed by atoms with Gasteiger partial charge in [0.2, 0.25) is 0 Å². The van der Waals surface area contributed by atoms with E-state index < -0.39 is 0 Å². The van der Waals surface area contributed by atoms with E-state index in [-0.39, 0.29) is 29.6 Å². The van der Waals surface area contributed by atoms with Gasteiger partial charge in [0.05, 0.1) is 6.10 Å². The topological polar surface area (TPSA) is 9.23 Å².